The van der Waals surface area contributed by atoms with Crippen molar-refractivity contribution in [1.82, 2.24) is 9.80 Å². The second-order valence-corrected chi connectivity index (χ2v) is 12.4. The molecule has 0 aromatic heterocycles. The number of nitrogens with zero attached hydrogens (tertiary/aromatic N) is 2. The zero-order valence-corrected chi connectivity index (χ0v) is 21.0. The highest BCUT2D eigenvalue weighted by Crippen LogP contribution is 2.33. The summed E-state index contributed by atoms with van der Waals surface area (Å²) in [5.41, 5.74) is 0.613. The van der Waals surface area contributed by atoms with Gasteiger partial charge < -0.3 is 9.64 Å². The molecule has 3 rings (SSSR count). The summed E-state index contributed by atoms with van der Waals surface area (Å²) in [6, 6.07) is 0. The molecule has 0 aromatic rings. The molecule has 3 nitrogen and oxygen atoms in total. The Morgan fingerprint density at radius 3 is 2.00 bits per heavy atom. The first-order valence-corrected chi connectivity index (χ1v) is 12.6. The van der Waals surface area contributed by atoms with Crippen LogP contribution in [0.2, 0.25) is 0 Å². The fraction of sp³-hybridized carbons (Fsp3) is 0.926. The second kappa shape index (κ2) is 9.93. The molecule has 2 aliphatic heterocycles. The molecule has 3 heteroatoms. The fourth-order valence-electron chi connectivity index (χ4n) is 4.91. The molecule has 0 N–H and O–H groups in total. The standard InChI is InChI=1S/C27H48N2O/c1-21(26(2,3)4)8-9-23-18-25(19-23)30-24-12-14-28(15-13-24)20-22-10-16-29(17-11-22)27(5,6)7/h21-25H,10-20H2,1-7H3/t21-,23?,25?/m0/s1. The van der Waals surface area contributed by atoms with Gasteiger partial charge in [-0.1, -0.05) is 39.5 Å². The van der Waals surface area contributed by atoms with E-state index in [0.717, 1.165) is 18.8 Å². The highest BCUT2D eigenvalue weighted by molar-refractivity contribution is 5.12. The summed E-state index contributed by atoms with van der Waals surface area (Å²) < 4.78 is 6.42. The van der Waals surface area contributed by atoms with Crippen LogP contribution in [0.15, 0.2) is 0 Å². The summed E-state index contributed by atoms with van der Waals surface area (Å²) >= 11 is 0. The lowest BCUT2D eigenvalue weighted by atomic mass is 9.79. The molecular weight excluding hydrogens is 368 g/mol. The molecule has 3 fully saturated rings. The van der Waals surface area contributed by atoms with Gasteiger partial charge in [0.05, 0.1) is 12.2 Å². The smallest absolute Gasteiger partial charge is 0.0603 e. The first-order chi connectivity index (χ1) is 14.0. The SMILES string of the molecule is C[C@@H](C#CC1CC(OC2CCN(CC3CCN(C(C)(C)C)CC3)CC2)C1)C(C)(C)C. The minimum Gasteiger partial charge on any atom is -0.375 e. The van der Waals surface area contributed by atoms with Crippen molar-refractivity contribution in [2.75, 3.05) is 32.7 Å². The Kier molecular flexibility index (Phi) is 7.97. The molecule has 1 atom stereocenters. The van der Waals surface area contributed by atoms with Crippen molar-refractivity contribution < 1.29 is 4.74 Å². The molecule has 172 valence electrons. The highest BCUT2D eigenvalue weighted by Gasteiger charge is 2.33. The predicted molar refractivity (Wildman–Crippen MR) is 128 cm³/mol. The van der Waals surface area contributed by atoms with Crippen LogP contribution in [0.1, 0.15) is 87.0 Å². The van der Waals surface area contributed by atoms with Crippen molar-refractivity contribution in [3.05, 3.63) is 0 Å². The molecule has 1 saturated carbocycles. The van der Waals surface area contributed by atoms with Gasteiger partial charge in [-0.05, 0) is 83.7 Å². The largest absolute Gasteiger partial charge is 0.375 e. The maximum absolute atomic E-state index is 6.42. The van der Waals surface area contributed by atoms with Crippen LogP contribution in [0.5, 0.6) is 0 Å². The number of likely N-dealkylation sites (tertiary alicyclic amines) is 2. The maximum atomic E-state index is 6.42. The van der Waals surface area contributed by atoms with Gasteiger partial charge in [-0.2, -0.15) is 0 Å². The van der Waals surface area contributed by atoms with Crippen LogP contribution in [0.25, 0.3) is 0 Å². The first kappa shape index (κ1) is 24.1. The van der Waals surface area contributed by atoms with Crippen LogP contribution >= 0.6 is 0 Å². The zero-order valence-electron chi connectivity index (χ0n) is 21.0. The fourth-order valence-corrected chi connectivity index (χ4v) is 4.91. The molecule has 0 bridgehead atoms. The van der Waals surface area contributed by atoms with E-state index in [1.807, 2.05) is 0 Å². The van der Waals surface area contributed by atoms with Crippen LogP contribution in [0.3, 0.4) is 0 Å². The van der Waals surface area contributed by atoms with Gasteiger partial charge in [-0.3, -0.25) is 4.90 Å². The summed E-state index contributed by atoms with van der Waals surface area (Å²) in [6.45, 7) is 22.4. The lowest BCUT2D eigenvalue weighted by molar-refractivity contribution is -0.0860. The Hall–Kier alpha value is -0.560. The number of piperidine rings is 2. The van der Waals surface area contributed by atoms with Gasteiger partial charge in [-0.25, -0.2) is 0 Å². The number of hydrogen-bond acceptors (Lipinski definition) is 3. The van der Waals surface area contributed by atoms with E-state index in [-0.39, 0.29) is 5.41 Å². The minimum absolute atomic E-state index is 0.282. The third-order valence-corrected chi connectivity index (χ3v) is 7.90. The van der Waals surface area contributed by atoms with Crippen molar-refractivity contribution in [3.8, 4) is 11.8 Å². The molecule has 2 saturated heterocycles. The molecule has 30 heavy (non-hydrogen) atoms. The number of rotatable bonds is 4. The van der Waals surface area contributed by atoms with Crippen molar-refractivity contribution in [3.63, 3.8) is 0 Å². The summed E-state index contributed by atoms with van der Waals surface area (Å²) in [5, 5.41) is 0. The van der Waals surface area contributed by atoms with Gasteiger partial charge >= 0.3 is 0 Å². The molecule has 0 radical (unpaired) electrons. The van der Waals surface area contributed by atoms with Crippen LogP contribution < -0.4 is 0 Å². The number of hydrogen-bond donors (Lipinski definition) is 0. The van der Waals surface area contributed by atoms with E-state index in [0.29, 0.717) is 29.6 Å². The van der Waals surface area contributed by atoms with Crippen molar-refractivity contribution >= 4 is 0 Å². The molecule has 0 spiro atoms. The van der Waals surface area contributed by atoms with Gasteiger partial charge in [0.1, 0.15) is 0 Å². The molecule has 0 unspecified atom stereocenters. The van der Waals surface area contributed by atoms with E-state index in [1.165, 1.54) is 58.4 Å². The molecular formula is C27H48N2O. The summed E-state index contributed by atoms with van der Waals surface area (Å²) in [5.74, 6) is 8.92. The Morgan fingerprint density at radius 1 is 0.867 bits per heavy atom. The monoisotopic (exact) mass is 416 g/mol. The van der Waals surface area contributed by atoms with Crippen molar-refractivity contribution in [1.29, 1.82) is 0 Å². The van der Waals surface area contributed by atoms with Crippen LogP contribution in [-0.2, 0) is 4.74 Å². The van der Waals surface area contributed by atoms with Crippen LogP contribution in [0, 0.1) is 35.0 Å². The van der Waals surface area contributed by atoms with E-state index < -0.39 is 0 Å². The number of ether oxygens (including phenoxy) is 1. The lowest BCUT2D eigenvalue weighted by Gasteiger charge is -2.43. The zero-order chi connectivity index (χ0) is 21.9. The van der Waals surface area contributed by atoms with E-state index in [9.17, 15) is 0 Å². The summed E-state index contributed by atoms with van der Waals surface area (Å²) in [4.78, 5) is 5.36. The van der Waals surface area contributed by atoms with Gasteiger partial charge in [0.2, 0.25) is 0 Å². The first-order valence-electron chi connectivity index (χ1n) is 12.6. The Bertz CT molecular complexity index is 583. The van der Waals surface area contributed by atoms with E-state index in [4.69, 9.17) is 4.74 Å². The molecule has 3 aliphatic rings. The Balaban J connectivity index is 1.29. The maximum Gasteiger partial charge on any atom is 0.0603 e. The quantitative estimate of drug-likeness (QED) is 0.567. The summed E-state index contributed by atoms with van der Waals surface area (Å²) in [7, 11) is 0. The van der Waals surface area contributed by atoms with E-state index >= 15 is 0 Å². The highest BCUT2D eigenvalue weighted by atomic mass is 16.5. The van der Waals surface area contributed by atoms with Gasteiger partial charge in [0.15, 0.2) is 0 Å². The third kappa shape index (κ3) is 6.98. The Morgan fingerprint density at radius 2 is 1.47 bits per heavy atom. The topological polar surface area (TPSA) is 15.7 Å². The molecule has 1 aliphatic carbocycles. The lowest BCUT2D eigenvalue weighted by Crippen LogP contribution is -2.48. The molecule has 0 aromatic carbocycles. The average molecular weight is 417 g/mol. The van der Waals surface area contributed by atoms with E-state index in [1.54, 1.807) is 0 Å². The molecule has 2 heterocycles. The van der Waals surface area contributed by atoms with Crippen molar-refractivity contribution in [2.45, 2.75) is 105 Å². The predicted octanol–water partition coefficient (Wildman–Crippen LogP) is 5.44. The molecule has 0 amide bonds. The van der Waals surface area contributed by atoms with E-state index in [2.05, 4.69) is 70.1 Å². The average Bonchev–Trinajstić information content (AvgIpc) is 2.63. The summed E-state index contributed by atoms with van der Waals surface area (Å²) in [6.07, 6.45) is 8.41. The van der Waals surface area contributed by atoms with Crippen LogP contribution in [0.4, 0.5) is 0 Å². The van der Waals surface area contributed by atoms with Crippen molar-refractivity contribution in [2.24, 2.45) is 23.2 Å². The minimum atomic E-state index is 0.282. The van der Waals surface area contributed by atoms with Crippen LogP contribution in [-0.4, -0.2) is 60.3 Å². The van der Waals surface area contributed by atoms with Gasteiger partial charge in [-0.15, -0.1) is 0 Å². The second-order valence-electron chi connectivity index (χ2n) is 12.4. The normalized spacial score (nSPS) is 29.2. The van der Waals surface area contributed by atoms with Gasteiger partial charge in [0.25, 0.3) is 0 Å². The Labute approximate surface area is 187 Å². The third-order valence-electron chi connectivity index (χ3n) is 7.90. The van der Waals surface area contributed by atoms with Gasteiger partial charge in [0, 0.05) is 37.0 Å².